The summed E-state index contributed by atoms with van der Waals surface area (Å²) in [4.78, 5) is 21.8. The molecule has 0 aliphatic carbocycles. The highest BCUT2D eigenvalue weighted by Crippen LogP contribution is 2.02. The number of hydrogen-bond acceptors (Lipinski definition) is 3. The second-order valence-electron chi connectivity index (χ2n) is 4.16. The molecule has 3 nitrogen and oxygen atoms in total. The van der Waals surface area contributed by atoms with E-state index in [-0.39, 0.29) is 11.8 Å². The number of carbonyl (C=O) groups is 2. The molecule has 0 aromatic rings. The number of rotatable bonds is 10. The number of esters is 1. The maximum atomic E-state index is 11.3. The van der Waals surface area contributed by atoms with Crippen molar-refractivity contribution < 1.29 is 14.3 Å². The van der Waals surface area contributed by atoms with E-state index < -0.39 is 0 Å². The Hall–Kier alpha value is -1.12. The molecule has 0 unspecified atom stereocenters. The van der Waals surface area contributed by atoms with Crippen molar-refractivity contribution >= 4 is 11.8 Å². The van der Waals surface area contributed by atoms with Crippen LogP contribution in [0.2, 0.25) is 0 Å². The average molecular weight is 240 g/mol. The highest BCUT2D eigenvalue weighted by molar-refractivity contribution is 5.89. The van der Waals surface area contributed by atoms with E-state index in [9.17, 15) is 9.59 Å². The maximum absolute atomic E-state index is 11.3. The molecule has 0 aliphatic rings. The number of unbranched alkanes of at least 4 members (excludes halogenated alkanes) is 4. The normalized spacial score (nSPS) is 10.7. The lowest BCUT2D eigenvalue weighted by molar-refractivity contribution is -0.141. The predicted molar refractivity (Wildman–Crippen MR) is 68.8 cm³/mol. The van der Waals surface area contributed by atoms with Gasteiger partial charge >= 0.3 is 5.97 Å². The Morgan fingerprint density at radius 3 is 2.53 bits per heavy atom. The summed E-state index contributed by atoms with van der Waals surface area (Å²) in [7, 11) is 0. The molecular weight excluding hydrogens is 216 g/mol. The quantitative estimate of drug-likeness (QED) is 0.334. The van der Waals surface area contributed by atoms with Crippen LogP contribution in [0, 0.1) is 0 Å². The fourth-order valence-corrected chi connectivity index (χ4v) is 1.43. The number of carbonyl (C=O) groups excluding carboxylic acids is 2. The molecule has 0 amide bonds. The topological polar surface area (TPSA) is 43.4 Å². The van der Waals surface area contributed by atoms with Gasteiger partial charge in [0.15, 0.2) is 5.78 Å². The van der Waals surface area contributed by atoms with Crippen LogP contribution in [-0.4, -0.2) is 18.4 Å². The van der Waals surface area contributed by atoms with Gasteiger partial charge in [0.05, 0.1) is 6.61 Å². The van der Waals surface area contributed by atoms with E-state index in [1.807, 2.05) is 6.08 Å². The second-order valence-corrected chi connectivity index (χ2v) is 4.16. The third-order valence-electron chi connectivity index (χ3n) is 2.40. The summed E-state index contributed by atoms with van der Waals surface area (Å²) in [6.45, 7) is 4.02. The van der Waals surface area contributed by atoms with Crippen LogP contribution in [0.4, 0.5) is 0 Å². The number of ketones is 1. The van der Waals surface area contributed by atoms with Gasteiger partial charge in [-0.15, -0.1) is 0 Å². The average Bonchev–Trinajstić information content (AvgIpc) is 2.28. The van der Waals surface area contributed by atoms with Gasteiger partial charge in [-0.3, -0.25) is 9.59 Å². The number of hydrogen-bond donors (Lipinski definition) is 0. The molecule has 3 heteroatoms. The molecular formula is C14H24O3. The number of ether oxygens (including phenoxy) is 1. The SMILES string of the molecule is CCCCCC(=O)/C=C/CCCCOC(C)=O. The fraction of sp³-hybridized carbons (Fsp3) is 0.714. The third kappa shape index (κ3) is 12.8. The first-order valence-electron chi connectivity index (χ1n) is 6.49. The Kier molecular flexibility index (Phi) is 10.6. The highest BCUT2D eigenvalue weighted by Gasteiger charge is 1.95. The van der Waals surface area contributed by atoms with E-state index in [0.29, 0.717) is 13.0 Å². The van der Waals surface area contributed by atoms with Crippen molar-refractivity contribution in [2.24, 2.45) is 0 Å². The molecule has 0 aromatic heterocycles. The Balaban J connectivity index is 3.34. The molecule has 0 radical (unpaired) electrons. The molecule has 0 aromatic carbocycles. The summed E-state index contributed by atoms with van der Waals surface area (Å²) in [5.41, 5.74) is 0. The molecule has 0 fully saturated rings. The van der Waals surface area contributed by atoms with Crippen molar-refractivity contribution in [1.82, 2.24) is 0 Å². The highest BCUT2D eigenvalue weighted by atomic mass is 16.5. The van der Waals surface area contributed by atoms with Gasteiger partial charge in [-0.2, -0.15) is 0 Å². The zero-order valence-corrected chi connectivity index (χ0v) is 11.0. The van der Waals surface area contributed by atoms with Crippen LogP contribution in [-0.2, 0) is 14.3 Å². The van der Waals surface area contributed by atoms with Gasteiger partial charge in [0.1, 0.15) is 0 Å². The molecule has 0 aliphatic heterocycles. The smallest absolute Gasteiger partial charge is 0.302 e. The van der Waals surface area contributed by atoms with E-state index in [1.54, 1.807) is 6.08 Å². The van der Waals surface area contributed by atoms with Gasteiger partial charge in [0, 0.05) is 13.3 Å². The van der Waals surface area contributed by atoms with Crippen molar-refractivity contribution in [1.29, 1.82) is 0 Å². The van der Waals surface area contributed by atoms with Crippen LogP contribution in [0.5, 0.6) is 0 Å². The van der Waals surface area contributed by atoms with Crippen molar-refractivity contribution in [2.75, 3.05) is 6.61 Å². The molecule has 0 N–H and O–H groups in total. The first-order chi connectivity index (χ1) is 8.16. The van der Waals surface area contributed by atoms with Gasteiger partial charge in [0.25, 0.3) is 0 Å². The third-order valence-corrected chi connectivity index (χ3v) is 2.40. The molecule has 0 bridgehead atoms. The van der Waals surface area contributed by atoms with E-state index >= 15 is 0 Å². The summed E-state index contributed by atoms with van der Waals surface area (Å²) in [5.74, 6) is -0.00919. The summed E-state index contributed by atoms with van der Waals surface area (Å²) in [5, 5.41) is 0. The van der Waals surface area contributed by atoms with Gasteiger partial charge in [-0.05, 0) is 31.8 Å². The second kappa shape index (κ2) is 11.4. The minimum Gasteiger partial charge on any atom is -0.466 e. The molecule has 98 valence electrons. The molecule has 0 rings (SSSR count). The van der Waals surface area contributed by atoms with Gasteiger partial charge in [-0.1, -0.05) is 25.8 Å². The monoisotopic (exact) mass is 240 g/mol. The van der Waals surface area contributed by atoms with Crippen LogP contribution in [0.3, 0.4) is 0 Å². The van der Waals surface area contributed by atoms with Crippen molar-refractivity contribution in [3.8, 4) is 0 Å². The summed E-state index contributed by atoms with van der Waals surface area (Å²) >= 11 is 0. The molecule has 17 heavy (non-hydrogen) atoms. The van der Waals surface area contributed by atoms with Crippen LogP contribution < -0.4 is 0 Å². The molecule has 0 spiro atoms. The van der Waals surface area contributed by atoms with Gasteiger partial charge < -0.3 is 4.74 Å². The first-order valence-corrected chi connectivity index (χ1v) is 6.49. The van der Waals surface area contributed by atoms with Gasteiger partial charge in [0.2, 0.25) is 0 Å². The zero-order valence-electron chi connectivity index (χ0n) is 11.0. The number of allylic oxidation sites excluding steroid dienone is 2. The Morgan fingerprint density at radius 1 is 1.12 bits per heavy atom. The van der Waals surface area contributed by atoms with Crippen LogP contribution in [0.25, 0.3) is 0 Å². The van der Waals surface area contributed by atoms with Gasteiger partial charge in [-0.25, -0.2) is 0 Å². The zero-order chi connectivity index (χ0) is 12.9. The Bertz CT molecular complexity index is 244. The van der Waals surface area contributed by atoms with E-state index in [2.05, 4.69) is 6.92 Å². The van der Waals surface area contributed by atoms with E-state index in [0.717, 1.165) is 38.5 Å². The Morgan fingerprint density at radius 2 is 1.88 bits per heavy atom. The van der Waals surface area contributed by atoms with Crippen LogP contribution in [0.1, 0.15) is 58.8 Å². The largest absolute Gasteiger partial charge is 0.466 e. The Labute approximate surface area is 104 Å². The molecule has 0 saturated heterocycles. The summed E-state index contributed by atoms with van der Waals surface area (Å²) in [6, 6.07) is 0. The predicted octanol–water partition coefficient (Wildman–Crippen LogP) is 3.43. The molecule has 0 atom stereocenters. The summed E-state index contributed by atoms with van der Waals surface area (Å²) in [6.07, 6.45) is 10.2. The lowest BCUT2D eigenvalue weighted by Gasteiger charge is -1.99. The first kappa shape index (κ1) is 15.9. The minimum atomic E-state index is -0.230. The van der Waals surface area contributed by atoms with Crippen LogP contribution in [0.15, 0.2) is 12.2 Å². The standard InChI is InChI=1S/C14H24O3/c1-3-4-7-10-14(16)11-8-5-6-9-12-17-13(2)15/h8,11H,3-7,9-10,12H2,1-2H3/b11-8+. The van der Waals surface area contributed by atoms with E-state index in [1.165, 1.54) is 6.92 Å². The minimum absolute atomic E-state index is 0.221. The molecule has 0 heterocycles. The van der Waals surface area contributed by atoms with Crippen LogP contribution >= 0.6 is 0 Å². The summed E-state index contributed by atoms with van der Waals surface area (Å²) < 4.78 is 4.81. The molecule has 0 saturated carbocycles. The maximum Gasteiger partial charge on any atom is 0.302 e. The van der Waals surface area contributed by atoms with E-state index in [4.69, 9.17) is 4.74 Å². The lowest BCUT2D eigenvalue weighted by atomic mass is 10.1. The van der Waals surface area contributed by atoms with Crippen molar-refractivity contribution in [2.45, 2.75) is 58.8 Å². The van der Waals surface area contributed by atoms with Crippen molar-refractivity contribution in [3.05, 3.63) is 12.2 Å². The fourth-order valence-electron chi connectivity index (χ4n) is 1.43. The lowest BCUT2D eigenvalue weighted by Crippen LogP contribution is -1.99. The van der Waals surface area contributed by atoms with Crippen molar-refractivity contribution in [3.63, 3.8) is 0 Å².